The molecule has 0 saturated carbocycles. The van der Waals surface area contributed by atoms with Crippen molar-refractivity contribution in [2.24, 2.45) is 0 Å². The summed E-state index contributed by atoms with van der Waals surface area (Å²) in [6.45, 7) is 0.981. The van der Waals surface area contributed by atoms with Crippen molar-refractivity contribution in [1.82, 2.24) is 19.9 Å². The molecule has 0 bridgehead atoms. The lowest BCUT2D eigenvalue weighted by Crippen LogP contribution is -2.38. The molecule has 0 radical (unpaired) electrons. The smallest absolute Gasteiger partial charge is 0.151 e. The summed E-state index contributed by atoms with van der Waals surface area (Å²) >= 11 is 1.51. The SMILES string of the molecule is CSC[C@H](O)[C@@H](O)CN(C)Cc1c[nH]c2c(N)ncnc12. The van der Waals surface area contributed by atoms with E-state index in [1.807, 2.05) is 24.4 Å². The Balaban J connectivity index is 2.01. The van der Waals surface area contributed by atoms with Gasteiger partial charge < -0.3 is 20.9 Å². The number of fused-ring (bicyclic) bond motifs is 1. The molecule has 2 atom stereocenters. The van der Waals surface area contributed by atoms with Crippen molar-refractivity contribution in [3.63, 3.8) is 0 Å². The Hall–Kier alpha value is -1.35. The number of nitrogen functional groups attached to an aromatic ring is 1. The first-order chi connectivity index (χ1) is 10.0. The summed E-state index contributed by atoms with van der Waals surface area (Å²) in [7, 11) is 1.89. The van der Waals surface area contributed by atoms with Crippen molar-refractivity contribution in [3.8, 4) is 0 Å². The first-order valence-electron chi connectivity index (χ1n) is 6.63. The molecule has 0 spiro atoms. The van der Waals surface area contributed by atoms with Crippen LogP contribution in [0.15, 0.2) is 12.5 Å². The van der Waals surface area contributed by atoms with Crippen molar-refractivity contribution >= 4 is 28.6 Å². The molecule has 2 aromatic heterocycles. The largest absolute Gasteiger partial charge is 0.390 e. The van der Waals surface area contributed by atoms with Gasteiger partial charge in [0.1, 0.15) is 11.8 Å². The molecule has 0 aliphatic heterocycles. The highest BCUT2D eigenvalue weighted by Crippen LogP contribution is 2.20. The van der Waals surface area contributed by atoms with Crippen LogP contribution in [0, 0.1) is 0 Å². The van der Waals surface area contributed by atoms with E-state index in [4.69, 9.17) is 5.73 Å². The zero-order chi connectivity index (χ0) is 15.4. The summed E-state index contributed by atoms with van der Waals surface area (Å²) in [5, 5.41) is 19.7. The van der Waals surface area contributed by atoms with E-state index in [-0.39, 0.29) is 0 Å². The van der Waals surface area contributed by atoms with E-state index < -0.39 is 12.2 Å². The highest BCUT2D eigenvalue weighted by atomic mass is 32.2. The van der Waals surface area contributed by atoms with E-state index >= 15 is 0 Å². The Labute approximate surface area is 127 Å². The highest BCUT2D eigenvalue weighted by Gasteiger charge is 2.18. The minimum Gasteiger partial charge on any atom is -0.390 e. The molecule has 0 unspecified atom stereocenters. The lowest BCUT2D eigenvalue weighted by Gasteiger charge is -2.23. The number of rotatable bonds is 7. The van der Waals surface area contributed by atoms with Crippen LogP contribution < -0.4 is 5.73 Å². The van der Waals surface area contributed by atoms with Gasteiger partial charge in [0.25, 0.3) is 0 Å². The molecule has 0 aliphatic rings. The molecule has 7 nitrogen and oxygen atoms in total. The number of aromatic amines is 1. The monoisotopic (exact) mass is 311 g/mol. The lowest BCUT2D eigenvalue weighted by molar-refractivity contribution is 0.0137. The number of aliphatic hydroxyl groups is 2. The normalized spacial score (nSPS) is 14.7. The summed E-state index contributed by atoms with van der Waals surface area (Å²) in [5.41, 5.74) is 8.27. The standard InChI is InChI=1S/C13H21N5O2S/c1-18(5-9(19)10(20)6-21-2)4-8-3-15-12-11(8)16-7-17-13(12)14/h3,7,9-10,15,19-20H,4-6H2,1-2H3,(H2,14,16,17)/t9-,10-/m0/s1. The van der Waals surface area contributed by atoms with Gasteiger partial charge in [0, 0.05) is 30.6 Å². The Morgan fingerprint density at radius 1 is 1.38 bits per heavy atom. The second-order valence-corrected chi connectivity index (χ2v) is 5.99. The third kappa shape index (κ3) is 3.85. The number of nitrogens with zero attached hydrogens (tertiary/aromatic N) is 3. The predicted octanol–water partition coefficient (Wildman–Crippen LogP) is 0.0567. The van der Waals surface area contributed by atoms with E-state index in [2.05, 4.69) is 15.0 Å². The molecule has 0 aliphatic carbocycles. The average Bonchev–Trinajstić information content (AvgIpc) is 2.83. The third-order valence-electron chi connectivity index (χ3n) is 3.29. The van der Waals surface area contributed by atoms with Crippen LogP contribution in [0.4, 0.5) is 5.82 Å². The number of nitrogens with two attached hydrogens (primary N) is 1. The topological polar surface area (TPSA) is 111 Å². The van der Waals surface area contributed by atoms with Crippen molar-refractivity contribution in [3.05, 3.63) is 18.1 Å². The summed E-state index contributed by atoms with van der Waals surface area (Å²) in [6, 6.07) is 0. The molecule has 8 heteroatoms. The maximum Gasteiger partial charge on any atom is 0.151 e. The molecule has 0 fully saturated rings. The van der Waals surface area contributed by atoms with Crippen LogP contribution in [0.5, 0.6) is 0 Å². The Bertz CT molecular complexity index is 591. The highest BCUT2D eigenvalue weighted by molar-refractivity contribution is 7.98. The number of H-pyrrole nitrogens is 1. The Morgan fingerprint density at radius 3 is 2.86 bits per heavy atom. The van der Waals surface area contributed by atoms with E-state index in [1.165, 1.54) is 18.1 Å². The molecule has 2 rings (SSSR count). The molecular weight excluding hydrogens is 290 g/mol. The van der Waals surface area contributed by atoms with Gasteiger partial charge in [-0.25, -0.2) is 9.97 Å². The molecule has 0 saturated heterocycles. The maximum absolute atomic E-state index is 9.95. The summed E-state index contributed by atoms with van der Waals surface area (Å²) in [4.78, 5) is 13.2. The van der Waals surface area contributed by atoms with Crippen molar-refractivity contribution in [1.29, 1.82) is 0 Å². The van der Waals surface area contributed by atoms with Crippen LogP contribution in [0.25, 0.3) is 11.0 Å². The third-order valence-corrected chi connectivity index (χ3v) is 3.97. The number of thioether (sulfide) groups is 1. The van der Waals surface area contributed by atoms with Gasteiger partial charge in [-0.2, -0.15) is 11.8 Å². The lowest BCUT2D eigenvalue weighted by atomic mass is 10.2. The number of nitrogens with one attached hydrogen (secondary N) is 1. The second-order valence-electron chi connectivity index (χ2n) is 5.08. The van der Waals surface area contributed by atoms with E-state index in [0.29, 0.717) is 24.7 Å². The fourth-order valence-corrected chi connectivity index (χ4v) is 2.78. The van der Waals surface area contributed by atoms with Gasteiger partial charge in [-0.15, -0.1) is 0 Å². The quantitative estimate of drug-likeness (QED) is 0.572. The zero-order valence-electron chi connectivity index (χ0n) is 12.2. The van der Waals surface area contributed by atoms with Gasteiger partial charge in [0.15, 0.2) is 5.82 Å². The van der Waals surface area contributed by atoms with Gasteiger partial charge in [0.05, 0.1) is 17.7 Å². The van der Waals surface area contributed by atoms with Crippen molar-refractivity contribution < 1.29 is 10.2 Å². The fourth-order valence-electron chi connectivity index (χ4n) is 2.21. The molecule has 116 valence electrons. The van der Waals surface area contributed by atoms with Crippen molar-refractivity contribution in [2.45, 2.75) is 18.8 Å². The molecule has 2 heterocycles. The minimum atomic E-state index is -0.771. The van der Waals surface area contributed by atoms with Crippen LogP contribution in [0.2, 0.25) is 0 Å². The van der Waals surface area contributed by atoms with Gasteiger partial charge in [-0.1, -0.05) is 0 Å². The number of hydrogen-bond acceptors (Lipinski definition) is 7. The predicted molar refractivity (Wildman–Crippen MR) is 85.0 cm³/mol. The van der Waals surface area contributed by atoms with E-state index in [9.17, 15) is 10.2 Å². The molecule has 2 aromatic rings. The second kappa shape index (κ2) is 7.08. The number of anilines is 1. The maximum atomic E-state index is 9.95. The van der Waals surface area contributed by atoms with Crippen LogP contribution in [-0.4, -0.2) is 67.9 Å². The summed E-state index contributed by atoms with van der Waals surface area (Å²) in [6.07, 6.45) is 3.69. The van der Waals surface area contributed by atoms with E-state index in [1.54, 1.807) is 0 Å². The van der Waals surface area contributed by atoms with Crippen molar-refractivity contribution in [2.75, 3.05) is 31.3 Å². The first kappa shape index (κ1) is 16.0. The van der Waals surface area contributed by atoms with Crippen LogP contribution in [0.1, 0.15) is 5.56 Å². The summed E-state index contributed by atoms with van der Waals surface area (Å²) in [5.74, 6) is 0.940. The van der Waals surface area contributed by atoms with Gasteiger partial charge in [0.2, 0.25) is 0 Å². The Kier molecular flexibility index (Phi) is 5.40. The fraction of sp³-hybridized carbons (Fsp3) is 0.538. The minimum absolute atomic E-state index is 0.384. The average molecular weight is 311 g/mol. The molecule has 0 aromatic carbocycles. The van der Waals surface area contributed by atoms with Gasteiger partial charge >= 0.3 is 0 Å². The van der Waals surface area contributed by atoms with E-state index in [0.717, 1.165) is 16.6 Å². The van der Waals surface area contributed by atoms with Gasteiger partial charge in [-0.3, -0.25) is 4.90 Å². The number of likely N-dealkylation sites (N-methyl/N-ethyl adjacent to an activating group) is 1. The summed E-state index contributed by atoms with van der Waals surface area (Å²) < 4.78 is 0. The molecule has 5 N–H and O–H groups in total. The van der Waals surface area contributed by atoms with Crippen LogP contribution in [-0.2, 0) is 6.54 Å². The molecule has 0 amide bonds. The van der Waals surface area contributed by atoms with Crippen LogP contribution in [0.3, 0.4) is 0 Å². The Morgan fingerprint density at radius 2 is 2.14 bits per heavy atom. The first-order valence-corrected chi connectivity index (χ1v) is 8.02. The molecular formula is C13H21N5O2S. The van der Waals surface area contributed by atoms with Gasteiger partial charge in [-0.05, 0) is 13.3 Å². The number of aliphatic hydroxyl groups excluding tert-OH is 2. The number of hydrogen-bond donors (Lipinski definition) is 4. The van der Waals surface area contributed by atoms with Crippen LogP contribution >= 0.6 is 11.8 Å². The molecule has 21 heavy (non-hydrogen) atoms. The zero-order valence-corrected chi connectivity index (χ0v) is 13.0. The number of aromatic nitrogens is 3.